The Kier molecular flexibility index (Phi) is 3.14. The Labute approximate surface area is 92.0 Å². The van der Waals surface area contributed by atoms with E-state index in [9.17, 15) is 0 Å². The van der Waals surface area contributed by atoms with Gasteiger partial charge in [-0.3, -0.25) is 0 Å². The van der Waals surface area contributed by atoms with Gasteiger partial charge in [0.2, 0.25) is 0 Å². The van der Waals surface area contributed by atoms with Gasteiger partial charge >= 0.3 is 0 Å². The van der Waals surface area contributed by atoms with E-state index in [2.05, 4.69) is 15.0 Å². The van der Waals surface area contributed by atoms with E-state index in [1.807, 2.05) is 6.07 Å². The molecule has 0 saturated carbocycles. The summed E-state index contributed by atoms with van der Waals surface area (Å²) >= 11 is 1.58. The minimum absolute atomic E-state index is 0.541. The lowest BCUT2D eigenvalue weighted by Gasteiger charge is -1.99. The molecule has 0 radical (unpaired) electrons. The Bertz CT molecular complexity index is 415. The summed E-state index contributed by atoms with van der Waals surface area (Å²) in [4.78, 5) is 12.3. The lowest BCUT2D eigenvalue weighted by atomic mass is 10.3. The van der Waals surface area contributed by atoms with Crippen LogP contribution in [-0.2, 0) is 5.75 Å². The van der Waals surface area contributed by atoms with E-state index in [0.717, 1.165) is 16.5 Å². The van der Waals surface area contributed by atoms with E-state index >= 15 is 0 Å². The van der Waals surface area contributed by atoms with Crippen LogP contribution in [0, 0.1) is 0 Å². The molecule has 0 unspecified atom stereocenters. The predicted molar refractivity (Wildman–Crippen MR) is 60.2 cm³/mol. The molecule has 2 N–H and O–H groups in total. The van der Waals surface area contributed by atoms with E-state index in [1.165, 1.54) is 0 Å². The number of hydrogen-bond donors (Lipinski definition) is 1. The molecular formula is C10H10N4S. The first-order chi connectivity index (χ1) is 7.34. The predicted octanol–water partition coefficient (Wildman–Crippen LogP) is 1.75. The number of hydrogen-bond acceptors (Lipinski definition) is 5. The van der Waals surface area contributed by atoms with E-state index in [0.29, 0.717) is 5.82 Å². The SMILES string of the molecule is Nc1ccc(CSc2ncccn2)cn1. The van der Waals surface area contributed by atoms with Crippen LogP contribution in [-0.4, -0.2) is 15.0 Å². The molecular weight excluding hydrogens is 208 g/mol. The van der Waals surface area contributed by atoms with E-state index in [4.69, 9.17) is 5.73 Å². The monoisotopic (exact) mass is 218 g/mol. The van der Waals surface area contributed by atoms with Crippen molar-refractivity contribution in [2.45, 2.75) is 10.9 Å². The van der Waals surface area contributed by atoms with Gasteiger partial charge in [0, 0.05) is 24.3 Å². The van der Waals surface area contributed by atoms with Crippen molar-refractivity contribution in [1.82, 2.24) is 15.0 Å². The van der Waals surface area contributed by atoms with Crippen LogP contribution < -0.4 is 5.73 Å². The van der Waals surface area contributed by atoms with Crippen LogP contribution in [0.3, 0.4) is 0 Å². The van der Waals surface area contributed by atoms with Gasteiger partial charge in [0.1, 0.15) is 5.82 Å². The van der Waals surface area contributed by atoms with Gasteiger partial charge in [0.15, 0.2) is 5.16 Å². The second-order valence-corrected chi connectivity index (χ2v) is 3.85. The molecule has 0 bridgehead atoms. The number of nitrogen functional groups attached to an aromatic ring is 1. The molecule has 0 atom stereocenters. The lowest BCUT2D eigenvalue weighted by molar-refractivity contribution is 0.966. The highest BCUT2D eigenvalue weighted by Gasteiger charge is 1.98. The summed E-state index contributed by atoms with van der Waals surface area (Å²) in [5, 5.41) is 0.773. The van der Waals surface area contributed by atoms with Crippen molar-refractivity contribution in [3.05, 3.63) is 42.4 Å². The van der Waals surface area contributed by atoms with Crippen LogP contribution in [0.15, 0.2) is 41.9 Å². The lowest BCUT2D eigenvalue weighted by Crippen LogP contribution is -1.91. The number of thioether (sulfide) groups is 1. The number of aromatic nitrogens is 3. The van der Waals surface area contributed by atoms with Crippen molar-refractivity contribution >= 4 is 17.6 Å². The minimum Gasteiger partial charge on any atom is -0.384 e. The molecule has 2 heterocycles. The largest absolute Gasteiger partial charge is 0.384 e. The highest BCUT2D eigenvalue weighted by molar-refractivity contribution is 7.98. The molecule has 5 heteroatoms. The van der Waals surface area contributed by atoms with Gasteiger partial charge in [0.25, 0.3) is 0 Å². The quantitative estimate of drug-likeness (QED) is 0.628. The highest BCUT2D eigenvalue weighted by atomic mass is 32.2. The third kappa shape index (κ3) is 2.92. The maximum absolute atomic E-state index is 5.49. The average molecular weight is 218 g/mol. The van der Waals surface area contributed by atoms with Crippen LogP contribution in [0.2, 0.25) is 0 Å². The Morgan fingerprint density at radius 2 is 1.93 bits per heavy atom. The fourth-order valence-corrected chi connectivity index (χ4v) is 1.77. The fraction of sp³-hybridized carbons (Fsp3) is 0.100. The molecule has 0 aliphatic carbocycles. The molecule has 0 spiro atoms. The number of pyridine rings is 1. The van der Waals surface area contributed by atoms with Crippen LogP contribution in [0.1, 0.15) is 5.56 Å². The minimum atomic E-state index is 0.541. The van der Waals surface area contributed by atoms with Crippen LogP contribution in [0.25, 0.3) is 0 Å². The van der Waals surface area contributed by atoms with E-state index in [1.54, 1.807) is 42.5 Å². The molecule has 15 heavy (non-hydrogen) atoms. The second-order valence-electron chi connectivity index (χ2n) is 2.91. The van der Waals surface area contributed by atoms with Gasteiger partial charge in [-0.1, -0.05) is 17.8 Å². The van der Waals surface area contributed by atoms with Gasteiger partial charge in [-0.25, -0.2) is 15.0 Å². The Balaban J connectivity index is 1.96. The molecule has 0 amide bonds. The van der Waals surface area contributed by atoms with Crippen molar-refractivity contribution in [3.8, 4) is 0 Å². The Morgan fingerprint density at radius 3 is 2.60 bits per heavy atom. The van der Waals surface area contributed by atoms with Gasteiger partial charge < -0.3 is 5.73 Å². The Hall–Kier alpha value is -1.62. The molecule has 0 aliphatic heterocycles. The smallest absolute Gasteiger partial charge is 0.187 e. The van der Waals surface area contributed by atoms with Crippen molar-refractivity contribution in [2.75, 3.05) is 5.73 Å². The molecule has 0 aromatic carbocycles. The zero-order valence-corrected chi connectivity index (χ0v) is 8.81. The molecule has 2 rings (SSSR count). The van der Waals surface area contributed by atoms with Crippen LogP contribution in [0.5, 0.6) is 0 Å². The second kappa shape index (κ2) is 4.75. The normalized spacial score (nSPS) is 10.1. The third-order valence-electron chi connectivity index (χ3n) is 1.76. The van der Waals surface area contributed by atoms with Gasteiger partial charge in [-0.15, -0.1) is 0 Å². The molecule has 2 aromatic rings. The summed E-state index contributed by atoms with van der Waals surface area (Å²) in [6.45, 7) is 0. The summed E-state index contributed by atoms with van der Waals surface area (Å²) in [6, 6.07) is 5.55. The highest BCUT2D eigenvalue weighted by Crippen LogP contribution is 2.17. The van der Waals surface area contributed by atoms with Crippen molar-refractivity contribution in [2.24, 2.45) is 0 Å². The number of anilines is 1. The van der Waals surface area contributed by atoms with Crippen molar-refractivity contribution in [3.63, 3.8) is 0 Å². The van der Waals surface area contributed by atoms with Crippen LogP contribution in [0.4, 0.5) is 5.82 Å². The topological polar surface area (TPSA) is 64.7 Å². The summed E-state index contributed by atoms with van der Waals surface area (Å²) < 4.78 is 0. The average Bonchev–Trinajstić information content (AvgIpc) is 2.30. The maximum Gasteiger partial charge on any atom is 0.187 e. The van der Waals surface area contributed by atoms with Gasteiger partial charge in [0.05, 0.1) is 0 Å². The molecule has 76 valence electrons. The Morgan fingerprint density at radius 1 is 1.13 bits per heavy atom. The number of nitrogens with two attached hydrogens (primary N) is 1. The molecule has 4 nitrogen and oxygen atoms in total. The molecule has 0 saturated heterocycles. The molecule has 2 aromatic heterocycles. The van der Waals surface area contributed by atoms with Gasteiger partial charge in [-0.2, -0.15) is 0 Å². The fourth-order valence-electron chi connectivity index (χ4n) is 1.03. The third-order valence-corrected chi connectivity index (χ3v) is 2.70. The standard InChI is InChI=1S/C10H10N4S/c11-9-3-2-8(6-14-9)7-15-10-12-4-1-5-13-10/h1-6H,7H2,(H2,11,14). The molecule has 0 aliphatic rings. The van der Waals surface area contributed by atoms with Gasteiger partial charge in [-0.05, 0) is 17.7 Å². The summed E-state index contributed by atoms with van der Waals surface area (Å²) in [5.41, 5.74) is 6.60. The summed E-state index contributed by atoms with van der Waals surface area (Å²) in [5.74, 6) is 1.34. The van der Waals surface area contributed by atoms with Crippen molar-refractivity contribution < 1.29 is 0 Å². The van der Waals surface area contributed by atoms with Crippen LogP contribution >= 0.6 is 11.8 Å². The first kappa shape index (κ1) is 9.92. The van der Waals surface area contributed by atoms with E-state index in [-0.39, 0.29) is 0 Å². The zero-order valence-electron chi connectivity index (χ0n) is 8.00. The van der Waals surface area contributed by atoms with E-state index < -0.39 is 0 Å². The van der Waals surface area contributed by atoms with Crippen molar-refractivity contribution in [1.29, 1.82) is 0 Å². The summed E-state index contributed by atoms with van der Waals surface area (Å²) in [7, 11) is 0. The zero-order chi connectivity index (χ0) is 10.5. The first-order valence-corrected chi connectivity index (χ1v) is 5.43. The summed E-state index contributed by atoms with van der Waals surface area (Å²) in [6.07, 6.45) is 5.23. The maximum atomic E-state index is 5.49. The number of nitrogens with zero attached hydrogens (tertiary/aromatic N) is 3. The first-order valence-electron chi connectivity index (χ1n) is 4.45. The molecule has 0 fully saturated rings. The number of rotatable bonds is 3.